The molecule has 22 heavy (non-hydrogen) atoms. The fourth-order valence-corrected chi connectivity index (χ4v) is 3.12. The van der Waals surface area contributed by atoms with Crippen molar-refractivity contribution >= 4 is 21.5 Å². The van der Waals surface area contributed by atoms with E-state index in [2.05, 4.69) is 84.7 Å². The zero-order valence-electron chi connectivity index (χ0n) is 12.5. The van der Waals surface area contributed by atoms with Crippen LogP contribution in [0.25, 0.3) is 21.5 Å². The summed E-state index contributed by atoms with van der Waals surface area (Å²) >= 11 is 0. The highest BCUT2D eigenvalue weighted by atomic mass is 14.7. The van der Waals surface area contributed by atoms with Crippen LogP contribution < -0.4 is 0 Å². The van der Waals surface area contributed by atoms with E-state index in [0.29, 0.717) is 0 Å². The van der Waals surface area contributed by atoms with Crippen LogP contribution in [0.15, 0.2) is 79.0 Å². The lowest BCUT2D eigenvalue weighted by Crippen LogP contribution is -2.00. The zero-order chi connectivity index (χ0) is 14.9. The first-order chi connectivity index (χ1) is 10.8. The van der Waals surface area contributed by atoms with Gasteiger partial charge in [0.15, 0.2) is 0 Å². The lowest BCUT2D eigenvalue weighted by Gasteiger charge is -2.15. The lowest BCUT2D eigenvalue weighted by molar-refractivity contribution is 0.886. The minimum Gasteiger partial charge on any atom is -0.260 e. The molecule has 0 saturated heterocycles. The molecule has 106 valence electrons. The zero-order valence-corrected chi connectivity index (χ0v) is 12.5. The maximum atomic E-state index is 4.66. The number of hydrogen-bond acceptors (Lipinski definition) is 1. The van der Waals surface area contributed by atoms with Crippen molar-refractivity contribution in [3.63, 3.8) is 0 Å². The summed E-state index contributed by atoms with van der Waals surface area (Å²) in [4.78, 5) is 4.66. The van der Waals surface area contributed by atoms with Crippen molar-refractivity contribution in [1.82, 2.24) is 4.98 Å². The van der Waals surface area contributed by atoms with Gasteiger partial charge in [0.25, 0.3) is 0 Å². The topological polar surface area (TPSA) is 12.9 Å². The van der Waals surface area contributed by atoms with Crippen LogP contribution in [0.4, 0.5) is 0 Å². The summed E-state index contributed by atoms with van der Waals surface area (Å²) in [5.41, 5.74) is 2.45. The van der Waals surface area contributed by atoms with E-state index in [1.165, 1.54) is 27.1 Å². The van der Waals surface area contributed by atoms with Crippen LogP contribution in [0.2, 0.25) is 0 Å². The highest BCUT2D eigenvalue weighted by Gasteiger charge is 2.13. The molecule has 1 nitrogen and oxygen atoms in total. The predicted octanol–water partition coefficient (Wildman–Crippen LogP) is 5.54. The number of aromatic nitrogens is 1. The summed E-state index contributed by atoms with van der Waals surface area (Å²) in [7, 11) is 0. The molecule has 0 amide bonds. The van der Waals surface area contributed by atoms with E-state index < -0.39 is 0 Å². The highest BCUT2D eigenvalue weighted by molar-refractivity contribution is 5.86. The summed E-state index contributed by atoms with van der Waals surface area (Å²) in [5, 5.41) is 5.06. The van der Waals surface area contributed by atoms with Crippen LogP contribution in [0, 0.1) is 0 Å². The van der Waals surface area contributed by atoms with E-state index in [1.54, 1.807) is 0 Å². The van der Waals surface area contributed by atoms with Crippen molar-refractivity contribution in [2.75, 3.05) is 0 Å². The fraction of sp³-hybridized carbons (Fsp3) is 0.0952. The van der Waals surface area contributed by atoms with Gasteiger partial charge in [-0.05, 0) is 27.8 Å². The maximum Gasteiger partial charge on any atom is 0.0553 e. The summed E-state index contributed by atoms with van der Waals surface area (Å²) in [6.07, 6.45) is 1.91. The predicted molar refractivity (Wildman–Crippen MR) is 93.2 cm³/mol. The molecule has 4 aromatic rings. The molecule has 1 heterocycles. The van der Waals surface area contributed by atoms with Crippen molar-refractivity contribution in [2.24, 2.45) is 0 Å². The number of rotatable bonds is 2. The molecule has 0 aliphatic rings. The van der Waals surface area contributed by atoms with E-state index in [4.69, 9.17) is 0 Å². The molecule has 0 aliphatic carbocycles. The Kier molecular flexibility index (Phi) is 3.12. The Morgan fingerprint density at radius 1 is 0.727 bits per heavy atom. The van der Waals surface area contributed by atoms with Crippen molar-refractivity contribution in [2.45, 2.75) is 12.8 Å². The van der Waals surface area contributed by atoms with E-state index >= 15 is 0 Å². The molecule has 1 unspecified atom stereocenters. The fourth-order valence-electron chi connectivity index (χ4n) is 3.12. The van der Waals surface area contributed by atoms with Crippen molar-refractivity contribution < 1.29 is 0 Å². The van der Waals surface area contributed by atoms with Crippen molar-refractivity contribution in [3.8, 4) is 0 Å². The van der Waals surface area contributed by atoms with Gasteiger partial charge in [-0.2, -0.15) is 0 Å². The monoisotopic (exact) mass is 283 g/mol. The molecule has 0 spiro atoms. The van der Waals surface area contributed by atoms with Gasteiger partial charge in [0.1, 0.15) is 0 Å². The molecule has 0 N–H and O–H groups in total. The molecule has 0 bridgehead atoms. The second-order valence-electron chi connectivity index (χ2n) is 5.75. The quantitative estimate of drug-likeness (QED) is 0.470. The van der Waals surface area contributed by atoms with Crippen LogP contribution in [-0.2, 0) is 0 Å². The molecule has 0 saturated carbocycles. The molecule has 4 rings (SSSR count). The Balaban J connectivity index is 1.86. The van der Waals surface area contributed by atoms with E-state index in [-0.39, 0.29) is 5.92 Å². The van der Waals surface area contributed by atoms with Crippen LogP contribution in [0.3, 0.4) is 0 Å². The SMILES string of the molecule is CC(c1ccc2ccccc2c1)c1nccc2ccccc12. The number of hydrogen-bond donors (Lipinski definition) is 0. The van der Waals surface area contributed by atoms with Gasteiger partial charge in [0.05, 0.1) is 5.69 Å². The van der Waals surface area contributed by atoms with E-state index in [1.807, 2.05) is 6.20 Å². The third-order valence-corrected chi connectivity index (χ3v) is 4.39. The number of nitrogens with zero attached hydrogens (tertiary/aromatic N) is 1. The lowest BCUT2D eigenvalue weighted by atomic mass is 9.92. The minimum atomic E-state index is 0.274. The first kappa shape index (κ1) is 13.0. The van der Waals surface area contributed by atoms with Gasteiger partial charge in [-0.25, -0.2) is 0 Å². The van der Waals surface area contributed by atoms with Gasteiger partial charge in [-0.1, -0.05) is 73.7 Å². The third kappa shape index (κ3) is 2.15. The molecular weight excluding hydrogens is 266 g/mol. The molecule has 0 fully saturated rings. The Bertz CT molecular complexity index is 950. The maximum absolute atomic E-state index is 4.66. The minimum absolute atomic E-state index is 0.274. The summed E-state index contributed by atoms with van der Waals surface area (Å²) in [6.45, 7) is 2.24. The third-order valence-electron chi connectivity index (χ3n) is 4.39. The Morgan fingerprint density at radius 2 is 1.45 bits per heavy atom. The molecular formula is C21H17N. The average Bonchev–Trinajstić information content (AvgIpc) is 2.60. The average molecular weight is 283 g/mol. The second-order valence-corrected chi connectivity index (χ2v) is 5.75. The molecule has 1 aromatic heterocycles. The Morgan fingerprint density at radius 3 is 2.32 bits per heavy atom. The smallest absolute Gasteiger partial charge is 0.0553 e. The van der Waals surface area contributed by atoms with Gasteiger partial charge in [0, 0.05) is 17.5 Å². The first-order valence-electron chi connectivity index (χ1n) is 7.65. The Labute approximate surface area is 130 Å². The summed E-state index contributed by atoms with van der Waals surface area (Å²) in [5.74, 6) is 0.274. The first-order valence-corrected chi connectivity index (χ1v) is 7.65. The van der Waals surface area contributed by atoms with Gasteiger partial charge in [0.2, 0.25) is 0 Å². The van der Waals surface area contributed by atoms with Gasteiger partial charge >= 0.3 is 0 Å². The number of pyridine rings is 1. The standard InChI is InChI=1S/C21H17N/c1-15(18-11-10-16-6-2-3-8-19(16)14-18)21-20-9-5-4-7-17(20)12-13-22-21/h2-15H,1H3. The largest absolute Gasteiger partial charge is 0.260 e. The Hall–Kier alpha value is -2.67. The summed E-state index contributed by atoms with van der Waals surface area (Å²) < 4.78 is 0. The molecule has 3 aromatic carbocycles. The molecule has 1 heteroatoms. The van der Waals surface area contributed by atoms with Gasteiger partial charge in [-0.3, -0.25) is 4.98 Å². The van der Waals surface area contributed by atoms with E-state index in [0.717, 1.165) is 5.69 Å². The molecule has 0 aliphatic heterocycles. The normalized spacial score (nSPS) is 12.6. The molecule has 0 radical (unpaired) electrons. The van der Waals surface area contributed by atoms with Crippen molar-refractivity contribution in [3.05, 3.63) is 90.3 Å². The van der Waals surface area contributed by atoms with Gasteiger partial charge in [-0.15, -0.1) is 0 Å². The number of fused-ring (bicyclic) bond motifs is 2. The van der Waals surface area contributed by atoms with Crippen molar-refractivity contribution in [1.29, 1.82) is 0 Å². The van der Waals surface area contributed by atoms with E-state index in [9.17, 15) is 0 Å². The van der Waals surface area contributed by atoms with Crippen LogP contribution in [0.1, 0.15) is 24.1 Å². The second kappa shape index (κ2) is 5.27. The van der Waals surface area contributed by atoms with Crippen LogP contribution >= 0.6 is 0 Å². The summed E-state index contributed by atoms with van der Waals surface area (Å²) in [6, 6.07) is 25.7. The van der Waals surface area contributed by atoms with Crippen LogP contribution in [-0.4, -0.2) is 4.98 Å². The highest BCUT2D eigenvalue weighted by Crippen LogP contribution is 2.30. The molecule has 1 atom stereocenters. The van der Waals surface area contributed by atoms with Crippen LogP contribution in [0.5, 0.6) is 0 Å². The van der Waals surface area contributed by atoms with Gasteiger partial charge < -0.3 is 0 Å². The number of benzene rings is 3.